The van der Waals surface area contributed by atoms with Crippen molar-refractivity contribution in [1.29, 1.82) is 0 Å². The van der Waals surface area contributed by atoms with Crippen molar-refractivity contribution in [2.24, 2.45) is 0 Å². The van der Waals surface area contributed by atoms with Gasteiger partial charge in [-0.2, -0.15) is 4.31 Å². The summed E-state index contributed by atoms with van der Waals surface area (Å²) in [4.78, 5) is 0. The molecule has 2 rings (SSSR count). The van der Waals surface area contributed by atoms with E-state index in [1.807, 2.05) is 30.3 Å². The molecule has 1 atom stereocenters. The zero-order chi connectivity index (χ0) is 12.3. The molecule has 0 radical (unpaired) electrons. The third kappa shape index (κ3) is 2.86. The Bertz CT molecular complexity index is 458. The maximum atomic E-state index is 12.2. The molecule has 0 aromatic heterocycles. The molecule has 1 aromatic rings. The van der Waals surface area contributed by atoms with Gasteiger partial charge in [0.25, 0.3) is 0 Å². The Balaban J connectivity index is 2.14. The summed E-state index contributed by atoms with van der Waals surface area (Å²) >= 11 is 0. The van der Waals surface area contributed by atoms with Crippen LogP contribution in [0.25, 0.3) is 0 Å². The summed E-state index contributed by atoms with van der Waals surface area (Å²) < 4.78 is 25.8. The molecule has 1 N–H and O–H groups in total. The number of hydrogen-bond acceptors (Lipinski definition) is 3. The molecule has 0 amide bonds. The molecule has 0 bridgehead atoms. The number of aliphatic hydroxyl groups is 1. The summed E-state index contributed by atoms with van der Waals surface area (Å²) in [6, 6.07) is 8.91. The average Bonchev–Trinajstić information content (AvgIpc) is 2.78. The lowest BCUT2D eigenvalue weighted by atomic mass is 10.2. The first-order chi connectivity index (χ1) is 8.13. The van der Waals surface area contributed by atoms with Crippen molar-refractivity contribution in [1.82, 2.24) is 4.31 Å². The quantitative estimate of drug-likeness (QED) is 0.872. The molecule has 1 unspecified atom stereocenters. The van der Waals surface area contributed by atoms with E-state index in [1.165, 1.54) is 4.31 Å². The van der Waals surface area contributed by atoms with Gasteiger partial charge in [-0.1, -0.05) is 30.3 Å². The molecule has 1 aliphatic rings. The van der Waals surface area contributed by atoms with Gasteiger partial charge in [-0.15, -0.1) is 0 Å². The van der Waals surface area contributed by atoms with E-state index in [2.05, 4.69) is 0 Å². The van der Waals surface area contributed by atoms with Crippen molar-refractivity contribution in [3.8, 4) is 0 Å². The van der Waals surface area contributed by atoms with Gasteiger partial charge >= 0.3 is 0 Å². The van der Waals surface area contributed by atoms with E-state index in [9.17, 15) is 8.42 Å². The van der Waals surface area contributed by atoms with Gasteiger partial charge in [0.05, 0.1) is 12.4 Å². The van der Waals surface area contributed by atoms with E-state index in [0.717, 1.165) is 18.4 Å². The molecule has 5 heteroatoms. The van der Waals surface area contributed by atoms with E-state index >= 15 is 0 Å². The van der Waals surface area contributed by atoms with Crippen LogP contribution in [0, 0.1) is 0 Å². The predicted octanol–water partition coefficient (Wildman–Crippen LogP) is 0.973. The first-order valence-corrected chi connectivity index (χ1v) is 7.39. The van der Waals surface area contributed by atoms with Gasteiger partial charge in [-0.3, -0.25) is 0 Å². The second kappa shape index (κ2) is 5.16. The number of rotatable bonds is 4. The summed E-state index contributed by atoms with van der Waals surface area (Å²) in [6.07, 6.45) is 1.59. The normalized spacial score (nSPS) is 21.8. The maximum absolute atomic E-state index is 12.2. The number of hydrogen-bond donors (Lipinski definition) is 1. The van der Waals surface area contributed by atoms with Crippen LogP contribution in [0.2, 0.25) is 0 Å². The Kier molecular flexibility index (Phi) is 3.81. The molecule has 1 heterocycles. The van der Waals surface area contributed by atoms with Crippen LogP contribution in [0.4, 0.5) is 0 Å². The molecular formula is C12H17NO3S. The molecule has 1 fully saturated rings. The van der Waals surface area contributed by atoms with Gasteiger partial charge < -0.3 is 5.11 Å². The summed E-state index contributed by atoms with van der Waals surface area (Å²) in [5.74, 6) is 0.0182. The van der Waals surface area contributed by atoms with Gasteiger partial charge in [0.15, 0.2) is 0 Å². The minimum absolute atomic E-state index is 0.0182. The summed E-state index contributed by atoms with van der Waals surface area (Å²) in [6.45, 7) is 0.439. The fourth-order valence-corrected chi connectivity index (χ4v) is 4.04. The van der Waals surface area contributed by atoms with E-state index in [-0.39, 0.29) is 18.4 Å². The molecule has 0 spiro atoms. The maximum Gasteiger partial charge on any atom is 0.218 e. The largest absolute Gasteiger partial charge is 0.395 e. The predicted molar refractivity (Wildman–Crippen MR) is 65.9 cm³/mol. The number of benzene rings is 1. The van der Waals surface area contributed by atoms with Gasteiger partial charge in [0.2, 0.25) is 10.0 Å². The zero-order valence-corrected chi connectivity index (χ0v) is 10.4. The third-order valence-corrected chi connectivity index (χ3v) is 4.98. The Morgan fingerprint density at radius 3 is 2.65 bits per heavy atom. The summed E-state index contributed by atoms with van der Waals surface area (Å²) in [5.41, 5.74) is 0.788. The van der Waals surface area contributed by atoms with Gasteiger partial charge in [0, 0.05) is 12.6 Å². The number of nitrogens with zero attached hydrogens (tertiary/aromatic N) is 1. The van der Waals surface area contributed by atoms with Gasteiger partial charge in [-0.25, -0.2) is 8.42 Å². The first kappa shape index (κ1) is 12.5. The number of aliphatic hydroxyl groups excluding tert-OH is 1. The molecule has 1 aliphatic heterocycles. The molecule has 94 valence electrons. The monoisotopic (exact) mass is 255 g/mol. The Hall–Kier alpha value is -0.910. The molecular weight excluding hydrogens is 238 g/mol. The molecule has 1 saturated heterocycles. The van der Waals surface area contributed by atoms with Crippen LogP contribution in [-0.4, -0.2) is 37.0 Å². The topological polar surface area (TPSA) is 57.6 Å². The van der Waals surface area contributed by atoms with Crippen LogP contribution < -0.4 is 0 Å². The van der Waals surface area contributed by atoms with Gasteiger partial charge in [-0.05, 0) is 18.4 Å². The summed E-state index contributed by atoms with van der Waals surface area (Å²) in [5, 5.41) is 9.16. The van der Waals surface area contributed by atoms with Crippen molar-refractivity contribution >= 4 is 10.0 Å². The van der Waals surface area contributed by atoms with E-state index < -0.39 is 10.0 Å². The standard InChI is InChI=1S/C12H17NO3S/c14-9-12-7-4-8-13(12)17(15,16)10-11-5-2-1-3-6-11/h1-3,5-6,12,14H,4,7-10H2. The zero-order valence-electron chi connectivity index (χ0n) is 9.62. The van der Waals surface area contributed by atoms with Crippen molar-refractivity contribution in [3.05, 3.63) is 35.9 Å². The third-order valence-electron chi connectivity index (χ3n) is 3.08. The smallest absolute Gasteiger partial charge is 0.218 e. The fraction of sp³-hybridized carbons (Fsp3) is 0.500. The minimum Gasteiger partial charge on any atom is -0.395 e. The van der Waals surface area contributed by atoms with E-state index in [0.29, 0.717) is 6.54 Å². The lowest BCUT2D eigenvalue weighted by Crippen LogP contribution is -2.38. The van der Waals surface area contributed by atoms with Crippen molar-refractivity contribution in [2.45, 2.75) is 24.6 Å². The Labute approximate surface area is 102 Å². The molecule has 0 saturated carbocycles. The SMILES string of the molecule is O=S(=O)(Cc1ccccc1)N1CCCC1CO. The fourth-order valence-electron chi connectivity index (χ4n) is 2.23. The first-order valence-electron chi connectivity index (χ1n) is 5.78. The van der Waals surface area contributed by atoms with E-state index in [1.54, 1.807) is 0 Å². The average molecular weight is 255 g/mol. The molecule has 0 aliphatic carbocycles. The second-order valence-corrected chi connectivity index (χ2v) is 6.25. The highest BCUT2D eigenvalue weighted by molar-refractivity contribution is 7.88. The van der Waals surface area contributed by atoms with E-state index in [4.69, 9.17) is 5.11 Å². The number of sulfonamides is 1. The van der Waals surface area contributed by atoms with Crippen molar-refractivity contribution < 1.29 is 13.5 Å². The van der Waals surface area contributed by atoms with Crippen LogP contribution in [0.15, 0.2) is 30.3 Å². The van der Waals surface area contributed by atoms with Gasteiger partial charge in [0.1, 0.15) is 0 Å². The lowest BCUT2D eigenvalue weighted by molar-refractivity contribution is 0.213. The minimum atomic E-state index is -3.30. The van der Waals surface area contributed by atoms with Crippen LogP contribution >= 0.6 is 0 Å². The highest BCUT2D eigenvalue weighted by Gasteiger charge is 2.33. The highest BCUT2D eigenvalue weighted by Crippen LogP contribution is 2.22. The molecule has 1 aromatic carbocycles. The summed E-state index contributed by atoms with van der Waals surface area (Å²) in [7, 11) is -3.30. The second-order valence-electron chi connectivity index (χ2n) is 4.33. The van der Waals surface area contributed by atoms with Crippen LogP contribution in [0.3, 0.4) is 0 Å². The Morgan fingerprint density at radius 1 is 1.29 bits per heavy atom. The van der Waals surface area contributed by atoms with Crippen molar-refractivity contribution in [2.75, 3.05) is 13.2 Å². The van der Waals surface area contributed by atoms with Crippen LogP contribution in [-0.2, 0) is 15.8 Å². The highest BCUT2D eigenvalue weighted by atomic mass is 32.2. The molecule has 17 heavy (non-hydrogen) atoms. The van der Waals surface area contributed by atoms with Crippen molar-refractivity contribution in [3.63, 3.8) is 0 Å². The van der Waals surface area contributed by atoms with Crippen LogP contribution in [0.1, 0.15) is 18.4 Å². The Morgan fingerprint density at radius 2 is 2.00 bits per heavy atom. The molecule has 4 nitrogen and oxygen atoms in total. The lowest BCUT2D eigenvalue weighted by Gasteiger charge is -2.22. The van der Waals surface area contributed by atoms with Crippen LogP contribution in [0.5, 0.6) is 0 Å².